The Morgan fingerprint density at radius 3 is 2.06 bits per heavy atom. The second-order valence-corrected chi connectivity index (χ2v) is 24.6. The standard InChI is InChI=1S/C32H24NO.C14H16GeN.Ir/c1-21(2)23-16-17-33-30(20-23)28-13-7-12-27-29-19-26(14-15-31(29)34-32(27)28)25-11-6-10-24(18-25)22-8-4-3-5-9-22;1-15(2,3)13-9-10-14(16-11-13)12-7-5-4-6-8-12;/h3-12,14-21H,1-2H3;4-7,9-11H,1-3H3;/q2*-1;. The fraction of sp³-hybridized carbons (Fsp3) is 0.130. The molecule has 0 amide bonds. The quantitative estimate of drug-likeness (QED) is 0.123. The second kappa shape index (κ2) is 15.7. The van der Waals surface area contributed by atoms with Crippen LogP contribution in [0.4, 0.5) is 0 Å². The summed E-state index contributed by atoms with van der Waals surface area (Å²) in [7, 11) is 0. The monoisotopic (exact) mass is 903 g/mol. The molecule has 5 aromatic carbocycles. The first kappa shape index (κ1) is 36.2. The minimum Gasteiger partial charge on any atom is 0 e. The molecule has 255 valence electrons. The zero-order valence-corrected chi connectivity index (χ0v) is 34.1. The summed E-state index contributed by atoms with van der Waals surface area (Å²) >= 11 is -1.72. The summed E-state index contributed by atoms with van der Waals surface area (Å²) in [6.45, 7) is 4.39. The maximum Gasteiger partial charge on any atom is 0 e. The van der Waals surface area contributed by atoms with Gasteiger partial charge in [-0.25, -0.2) is 0 Å². The van der Waals surface area contributed by atoms with Gasteiger partial charge in [0.05, 0.1) is 5.58 Å². The molecule has 51 heavy (non-hydrogen) atoms. The van der Waals surface area contributed by atoms with Gasteiger partial charge in [0.15, 0.2) is 0 Å². The Balaban J connectivity index is 0.000000222. The minimum atomic E-state index is -1.72. The van der Waals surface area contributed by atoms with Crippen LogP contribution in [0.15, 0.2) is 150 Å². The molecule has 0 aliphatic heterocycles. The molecule has 0 saturated carbocycles. The number of nitrogens with zero attached hydrogens (tertiary/aromatic N) is 2. The van der Waals surface area contributed by atoms with E-state index in [1.54, 1.807) is 0 Å². The summed E-state index contributed by atoms with van der Waals surface area (Å²) in [6, 6.07) is 52.7. The van der Waals surface area contributed by atoms with Crippen LogP contribution in [0, 0.1) is 12.1 Å². The molecule has 1 radical (unpaired) electrons. The fourth-order valence-electron chi connectivity index (χ4n) is 6.11. The number of aromatic nitrogens is 2. The van der Waals surface area contributed by atoms with Crippen molar-refractivity contribution in [2.75, 3.05) is 0 Å². The maximum atomic E-state index is 6.35. The molecule has 0 saturated heterocycles. The molecule has 5 heteroatoms. The Morgan fingerprint density at radius 1 is 0.608 bits per heavy atom. The van der Waals surface area contributed by atoms with Gasteiger partial charge in [-0.2, -0.15) is 0 Å². The Hall–Kier alpha value is -4.61. The number of hydrogen-bond donors (Lipinski definition) is 0. The van der Waals surface area contributed by atoms with Gasteiger partial charge in [-0.1, -0.05) is 91.0 Å². The molecule has 8 rings (SSSR count). The summed E-state index contributed by atoms with van der Waals surface area (Å²) < 4.78 is 7.80. The van der Waals surface area contributed by atoms with Crippen LogP contribution in [-0.2, 0) is 20.1 Å². The van der Waals surface area contributed by atoms with Crippen molar-refractivity contribution in [1.82, 2.24) is 9.97 Å². The van der Waals surface area contributed by atoms with E-state index in [0.717, 1.165) is 44.5 Å². The van der Waals surface area contributed by atoms with Crippen LogP contribution in [0.3, 0.4) is 0 Å². The molecule has 0 unspecified atom stereocenters. The van der Waals surface area contributed by atoms with Crippen LogP contribution in [-0.4, -0.2) is 23.2 Å². The fourth-order valence-corrected chi connectivity index (χ4v) is 8.28. The molecule has 8 aromatic rings. The van der Waals surface area contributed by atoms with Crippen LogP contribution in [0.2, 0.25) is 17.3 Å². The molecule has 0 N–H and O–H groups in total. The first-order chi connectivity index (χ1) is 24.2. The third-order valence-electron chi connectivity index (χ3n) is 9.06. The molecule has 0 fully saturated rings. The van der Waals surface area contributed by atoms with Gasteiger partial charge in [0, 0.05) is 31.7 Å². The summed E-state index contributed by atoms with van der Waals surface area (Å²) in [4.78, 5) is 9.16. The average Bonchev–Trinajstić information content (AvgIpc) is 3.54. The van der Waals surface area contributed by atoms with Gasteiger partial charge in [0.25, 0.3) is 0 Å². The number of benzene rings is 5. The number of fused-ring (bicyclic) bond motifs is 3. The van der Waals surface area contributed by atoms with E-state index in [2.05, 4.69) is 150 Å². The zero-order valence-electron chi connectivity index (χ0n) is 29.6. The normalized spacial score (nSPS) is 11.3. The number of rotatable bonds is 6. The molecular formula is C46H40GeIrN2O-2. The second-order valence-electron chi connectivity index (χ2n) is 13.9. The van der Waals surface area contributed by atoms with Crippen LogP contribution >= 0.6 is 0 Å². The van der Waals surface area contributed by atoms with E-state index >= 15 is 0 Å². The molecule has 0 atom stereocenters. The Kier molecular flexibility index (Phi) is 11.2. The zero-order chi connectivity index (χ0) is 34.7. The molecule has 0 spiro atoms. The predicted molar refractivity (Wildman–Crippen MR) is 212 cm³/mol. The van der Waals surface area contributed by atoms with Crippen LogP contribution in [0.25, 0.3) is 66.7 Å². The van der Waals surface area contributed by atoms with Crippen molar-refractivity contribution in [3.8, 4) is 44.8 Å². The Morgan fingerprint density at radius 2 is 1.35 bits per heavy atom. The van der Waals surface area contributed by atoms with E-state index < -0.39 is 13.3 Å². The van der Waals surface area contributed by atoms with Crippen molar-refractivity contribution in [3.05, 3.63) is 164 Å². The van der Waals surface area contributed by atoms with E-state index in [9.17, 15) is 0 Å². The van der Waals surface area contributed by atoms with Gasteiger partial charge in [0.2, 0.25) is 0 Å². The maximum absolute atomic E-state index is 6.35. The summed E-state index contributed by atoms with van der Waals surface area (Å²) in [6.07, 6.45) is 3.91. The first-order valence-electron chi connectivity index (χ1n) is 17.2. The van der Waals surface area contributed by atoms with Gasteiger partial charge in [0.1, 0.15) is 5.58 Å². The molecular weight excluding hydrogens is 861 g/mol. The van der Waals surface area contributed by atoms with E-state index in [-0.39, 0.29) is 20.1 Å². The van der Waals surface area contributed by atoms with Crippen LogP contribution in [0.5, 0.6) is 0 Å². The summed E-state index contributed by atoms with van der Waals surface area (Å²) in [5, 5.41) is 2.19. The van der Waals surface area contributed by atoms with Crippen molar-refractivity contribution < 1.29 is 24.5 Å². The van der Waals surface area contributed by atoms with Crippen molar-refractivity contribution >= 4 is 39.6 Å². The smallest absolute Gasteiger partial charge is 0 e. The van der Waals surface area contributed by atoms with E-state index in [4.69, 9.17) is 4.42 Å². The van der Waals surface area contributed by atoms with Crippen molar-refractivity contribution in [2.45, 2.75) is 37.0 Å². The van der Waals surface area contributed by atoms with Gasteiger partial charge in [-0.3, -0.25) is 0 Å². The van der Waals surface area contributed by atoms with Crippen molar-refractivity contribution in [3.63, 3.8) is 0 Å². The molecule has 3 nitrogen and oxygen atoms in total. The van der Waals surface area contributed by atoms with E-state index in [1.165, 1.54) is 32.2 Å². The largest absolute Gasteiger partial charge is 0 e. The van der Waals surface area contributed by atoms with E-state index in [1.807, 2.05) is 48.8 Å². The van der Waals surface area contributed by atoms with Crippen LogP contribution in [0.1, 0.15) is 25.3 Å². The minimum absolute atomic E-state index is 0. The van der Waals surface area contributed by atoms with Crippen LogP contribution < -0.4 is 4.40 Å². The van der Waals surface area contributed by atoms with Gasteiger partial charge in [-0.15, -0.1) is 18.2 Å². The molecule has 0 aliphatic carbocycles. The van der Waals surface area contributed by atoms with Gasteiger partial charge >= 0.3 is 99.8 Å². The molecule has 0 aliphatic rings. The molecule has 3 aromatic heterocycles. The number of furan rings is 1. The van der Waals surface area contributed by atoms with Gasteiger partial charge in [-0.05, 0) is 58.1 Å². The Bertz CT molecular complexity index is 2380. The first-order valence-corrected chi connectivity index (χ1v) is 24.5. The SMILES string of the molecule is CC(C)c1ccnc(-c2[c-]ccc3c2oc2ccc(-c4cccc(-c5ccccc5)c4)cc23)c1.[CH3][Ge]([CH3])([CH3])[c]1ccc(-c2[c-]cccc2)nc1.[Ir]. The third-order valence-corrected chi connectivity index (χ3v) is 13.3. The summed E-state index contributed by atoms with van der Waals surface area (Å²) in [5.41, 5.74) is 11.6. The topological polar surface area (TPSA) is 38.9 Å². The predicted octanol–water partition coefficient (Wildman–Crippen LogP) is 12.0. The molecule has 3 heterocycles. The average molecular weight is 902 g/mol. The number of hydrogen-bond acceptors (Lipinski definition) is 3. The van der Waals surface area contributed by atoms with Gasteiger partial charge < -0.3 is 9.40 Å². The summed E-state index contributed by atoms with van der Waals surface area (Å²) in [5.74, 6) is 7.58. The van der Waals surface area contributed by atoms with E-state index in [0.29, 0.717) is 5.92 Å². The Labute approximate surface area is 317 Å². The number of pyridine rings is 2. The van der Waals surface area contributed by atoms with Crippen molar-refractivity contribution in [1.29, 1.82) is 0 Å². The molecule has 0 bridgehead atoms. The third kappa shape index (κ3) is 8.15. The van der Waals surface area contributed by atoms with Crippen molar-refractivity contribution in [2.24, 2.45) is 0 Å².